The number of hydrogen-bond donors (Lipinski definition) is 2. The molecule has 0 aliphatic carbocycles. The third-order valence-electron chi connectivity index (χ3n) is 4.84. The van der Waals surface area contributed by atoms with Gasteiger partial charge in [-0.25, -0.2) is 4.79 Å². The molecule has 142 valence electrons. The van der Waals surface area contributed by atoms with Crippen LogP contribution in [0.4, 0.5) is 4.79 Å². The number of carbonyl (C=O) groups is 3. The molecule has 1 unspecified atom stereocenters. The van der Waals surface area contributed by atoms with Crippen LogP contribution in [0.25, 0.3) is 10.8 Å². The molecular weight excluding hydrogens is 344 g/mol. The third-order valence-corrected chi connectivity index (χ3v) is 4.84. The van der Waals surface area contributed by atoms with Crippen molar-refractivity contribution in [2.45, 2.75) is 13.0 Å². The Kier molecular flexibility index (Phi) is 5.59. The summed E-state index contributed by atoms with van der Waals surface area (Å²) >= 11 is 0. The van der Waals surface area contributed by atoms with E-state index in [9.17, 15) is 14.4 Å². The molecular formula is C20H24N4O3. The fourth-order valence-electron chi connectivity index (χ4n) is 3.32. The van der Waals surface area contributed by atoms with E-state index in [-0.39, 0.29) is 17.8 Å². The zero-order chi connectivity index (χ0) is 19.4. The molecule has 3 rings (SSSR count). The molecule has 27 heavy (non-hydrogen) atoms. The second-order valence-electron chi connectivity index (χ2n) is 6.59. The number of rotatable bonds is 3. The summed E-state index contributed by atoms with van der Waals surface area (Å²) in [5, 5.41) is 6.99. The lowest BCUT2D eigenvalue weighted by atomic mass is 10.0. The molecule has 1 aliphatic rings. The van der Waals surface area contributed by atoms with Crippen LogP contribution in [0.1, 0.15) is 17.3 Å². The second-order valence-corrected chi connectivity index (χ2v) is 6.59. The molecule has 4 amide bonds. The van der Waals surface area contributed by atoms with Gasteiger partial charge in [0.2, 0.25) is 5.91 Å². The first-order valence-corrected chi connectivity index (χ1v) is 9.05. The van der Waals surface area contributed by atoms with Crippen molar-refractivity contribution in [3.05, 3.63) is 48.0 Å². The van der Waals surface area contributed by atoms with Gasteiger partial charge in [0.25, 0.3) is 5.91 Å². The van der Waals surface area contributed by atoms with Gasteiger partial charge in [-0.3, -0.25) is 9.59 Å². The summed E-state index contributed by atoms with van der Waals surface area (Å²) in [6.07, 6.45) is 0. The van der Waals surface area contributed by atoms with Gasteiger partial charge in [-0.2, -0.15) is 0 Å². The first-order valence-electron chi connectivity index (χ1n) is 9.05. The van der Waals surface area contributed by atoms with Crippen LogP contribution >= 0.6 is 0 Å². The highest BCUT2D eigenvalue weighted by Crippen LogP contribution is 2.20. The number of urea groups is 1. The van der Waals surface area contributed by atoms with Gasteiger partial charge in [0, 0.05) is 38.8 Å². The fraction of sp³-hybridized carbons (Fsp3) is 0.350. The Morgan fingerprint density at radius 1 is 0.926 bits per heavy atom. The number of piperazine rings is 1. The van der Waals surface area contributed by atoms with Crippen molar-refractivity contribution in [3.63, 3.8) is 0 Å². The summed E-state index contributed by atoms with van der Waals surface area (Å²) < 4.78 is 0. The maximum absolute atomic E-state index is 13.0. The Bertz CT molecular complexity index is 854. The van der Waals surface area contributed by atoms with Crippen LogP contribution in [-0.4, -0.2) is 66.9 Å². The first kappa shape index (κ1) is 18.7. The Morgan fingerprint density at radius 2 is 1.56 bits per heavy atom. The van der Waals surface area contributed by atoms with E-state index in [2.05, 4.69) is 10.6 Å². The van der Waals surface area contributed by atoms with Gasteiger partial charge in [0.05, 0.1) is 0 Å². The molecule has 1 saturated heterocycles. The molecule has 1 aliphatic heterocycles. The third kappa shape index (κ3) is 4.02. The molecule has 0 bridgehead atoms. The minimum Gasteiger partial charge on any atom is -0.341 e. The Balaban J connectivity index is 1.64. The number of hydrogen-bond acceptors (Lipinski definition) is 3. The monoisotopic (exact) mass is 368 g/mol. The molecule has 1 atom stereocenters. The predicted octanol–water partition coefficient (Wildman–Crippen LogP) is 1.44. The Labute approximate surface area is 158 Å². The van der Waals surface area contributed by atoms with E-state index in [0.717, 1.165) is 10.8 Å². The average molecular weight is 368 g/mol. The van der Waals surface area contributed by atoms with Gasteiger partial charge >= 0.3 is 6.03 Å². The van der Waals surface area contributed by atoms with Gasteiger partial charge in [-0.1, -0.05) is 36.4 Å². The summed E-state index contributed by atoms with van der Waals surface area (Å²) in [4.78, 5) is 40.3. The van der Waals surface area contributed by atoms with Crippen LogP contribution in [0, 0.1) is 0 Å². The summed E-state index contributed by atoms with van der Waals surface area (Å²) in [6, 6.07) is 12.6. The van der Waals surface area contributed by atoms with Gasteiger partial charge in [-0.15, -0.1) is 0 Å². The van der Waals surface area contributed by atoms with Crippen molar-refractivity contribution >= 4 is 28.6 Å². The zero-order valence-electron chi connectivity index (χ0n) is 15.6. The number of fused-ring (bicyclic) bond motifs is 1. The number of amides is 4. The highest BCUT2D eigenvalue weighted by atomic mass is 16.2. The summed E-state index contributed by atoms with van der Waals surface area (Å²) in [7, 11) is 1.50. The molecule has 2 N–H and O–H groups in total. The second kappa shape index (κ2) is 8.07. The van der Waals surface area contributed by atoms with Gasteiger partial charge in [-0.05, 0) is 23.8 Å². The van der Waals surface area contributed by atoms with E-state index in [1.807, 2.05) is 42.5 Å². The van der Waals surface area contributed by atoms with Gasteiger partial charge in [0.1, 0.15) is 6.04 Å². The fourth-order valence-corrected chi connectivity index (χ4v) is 3.32. The molecule has 0 radical (unpaired) electrons. The average Bonchev–Trinajstić information content (AvgIpc) is 2.72. The molecule has 0 saturated carbocycles. The summed E-state index contributed by atoms with van der Waals surface area (Å²) in [6.45, 7) is 3.51. The van der Waals surface area contributed by atoms with Crippen LogP contribution in [0.5, 0.6) is 0 Å². The molecule has 7 nitrogen and oxygen atoms in total. The molecule has 0 aromatic heterocycles. The molecule has 0 spiro atoms. The van der Waals surface area contributed by atoms with E-state index in [4.69, 9.17) is 0 Å². The van der Waals surface area contributed by atoms with E-state index >= 15 is 0 Å². The van der Waals surface area contributed by atoms with Gasteiger partial charge < -0.3 is 20.4 Å². The lowest BCUT2D eigenvalue weighted by Gasteiger charge is -2.36. The van der Waals surface area contributed by atoms with Crippen molar-refractivity contribution in [2.24, 2.45) is 0 Å². The number of benzene rings is 2. The number of nitrogens with zero attached hydrogens (tertiary/aromatic N) is 2. The van der Waals surface area contributed by atoms with Crippen LogP contribution < -0.4 is 10.6 Å². The van der Waals surface area contributed by atoms with Crippen molar-refractivity contribution in [1.29, 1.82) is 0 Å². The van der Waals surface area contributed by atoms with Crippen LogP contribution in [-0.2, 0) is 4.79 Å². The van der Waals surface area contributed by atoms with E-state index in [1.54, 1.807) is 16.7 Å². The molecule has 7 heteroatoms. The smallest absolute Gasteiger partial charge is 0.315 e. The maximum Gasteiger partial charge on any atom is 0.315 e. The molecule has 2 aromatic carbocycles. The topological polar surface area (TPSA) is 81.8 Å². The van der Waals surface area contributed by atoms with E-state index in [1.165, 1.54) is 7.05 Å². The first-order chi connectivity index (χ1) is 13.0. The summed E-state index contributed by atoms with van der Waals surface area (Å²) in [5.74, 6) is -0.161. The zero-order valence-corrected chi connectivity index (χ0v) is 15.6. The molecule has 1 fully saturated rings. The van der Waals surface area contributed by atoms with Crippen LogP contribution in [0.2, 0.25) is 0 Å². The van der Waals surface area contributed by atoms with E-state index < -0.39 is 6.04 Å². The largest absolute Gasteiger partial charge is 0.341 e. The molecule has 1 heterocycles. The lowest BCUT2D eigenvalue weighted by molar-refractivity contribution is -0.134. The predicted molar refractivity (Wildman–Crippen MR) is 103 cm³/mol. The van der Waals surface area contributed by atoms with Crippen LogP contribution in [0.3, 0.4) is 0 Å². The maximum atomic E-state index is 13.0. The highest BCUT2D eigenvalue weighted by molar-refractivity contribution is 6.07. The standard InChI is InChI=1S/C20H24N4O3/c1-14(22-20(27)21-2)18(25)23-10-12-24(13-11-23)19(26)17-9-5-7-15-6-3-4-8-16(15)17/h3-9,14H,10-13H2,1-2H3,(H2,21,22,27). The van der Waals surface area contributed by atoms with Crippen molar-refractivity contribution in [3.8, 4) is 0 Å². The Hall–Kier alpha value is -3.09. The SMILES string of the molecule is CNC(=O)NC(C)C(=O)N1CCN(C(=O)c2cccc3ccccc23)CC1. The number of carbonyl (C=O) groups excluding carboxylic acids is 3. The van der Waals surface area contributed by atoms with E-state index in [0.29, 0.717) is 31.7 Å². The summed E-state index contributed by atoms with van der Waals surface area (Å²) in [5.41, 5.74) is 0.683. The van der Waals surface area contributed by atoms with Crippen molar-refractivity contribution in [2.75, 3.05) is 33.2 Å². The quantitative estimate of drug-likeness (QED) is 0.860. The minimum atomic E-state index is -0.606. The van der Waals surface area contributed by atoms with Crippen molar-refractivity contribution < 1.29 is 14.4 Å². The minimum absolute atomic E-state index is 0.0181. The van der Waals surface area contributed by atoms with Crippen LogP contribution in [0.15, 0.2) is 42.5 Å². The number of nitrogens with one attached hydrogen (secondary N) is 2. The Morgan fingerprint density at radius 3 is 2.26 bits per heavy atom. The highest BCUT2D eigenvalue weighted by Gasteiger charge is 2.28. The normalized spacial score (nSPS) is 15.3. The lowest BCUT2D eigenvalue weighted by Crippen LogP contribution is -2.55. The van der Waals surface area contributed by atoms with Gasteiger partial charge in [0.15, 0.2) is 0 Å². The van der Waals surface area contributed by atoms with Crippen molar-refractivity contribution in [1.82, 2.24) is 20.4 Å². The molecule has 2 aromatic rings.